The molecular formula is C31H24Br2N2O5. The molecule has 0 spiro atoms. The molecule has 2 saturated heterocycles. The lowest BCUT2D eigenvalue weighted by molar-refractivity contribution is -0.126. The van der Waals surface area contributed by atoms with Crippen molar-refractivity contribution < 1.29 is 23.9 Å². The molecule has 6 rings (SSSR count). The van der Waals surface area contributed by atoms with Gasteiger partial charge in [0.25, 0.3) is 5.91 Å². The molecule has 7 nitrogen and oxygen atoms in total. The van der Waals surface area contributed by atoms with Gasteiger partial charge in [0.2, 0.25) is 5.91 Å². The van der Waals surface area contributed by atoms with Gasteiger partial charge in [0.05, 0.1) is 24.5 Å². The molecule has 2 fully saturated rings. The van der Waals surface area contributed by atoms with Crippen molar-refractivity contribution in [2.24, 2.45) is 5.92 Å². The smallest absolute Gasteiger partial charge is 0.266 e. The van der Waals surface area contributed by atoms with Gasteiger partial charge in [0.15, 0.2) is 17.6 Å². The summed E-state index contributed by atoms with van der Waals surface area (Å²) in [6, 6.07) is 29.4. The van der Waals surface area contributed by atoms with Crippen LogP contribution in [0.25, 0.3) is 0 Å². The summed E-state index contributed by atoms with van der Waals surface area (Å²) >= 11 is 7.13. The molecule has 40 heavy (non-hydrogen) atoms. The number of anilines is 2. The zero-order valence-electron chi connectivity index (χ0n) is 21.4. The summed E-state index contributed by atoms with van der Waals surface area (Å²) in [4.78, 5) is 35.1. The molecule has 4 aromatic rings. The number of amides is 2. The van der Waals surface area contributed by atoms with Crippen LogP contribution in [0.5, 0.6) is 11.5 Å². The summed E-state index contributed by atoms with van der Waals surface area (Å²) in [5, 5.41) is 1.66. The molecule has 0 aromatic heterocycles. The van der Waals surface area contributed by atoms with Crippen molar-refractivity contribution in [3.8, 4) is 11.5 Å². The van der Waals surface area contributed by atoms with Crippen LogP contribution in [0.4, 0.5) is 11.4 Å². The van der Waals surface area contributed by atoms with E-state index < -0.39 is 24.0 Å². The Bertz CT molecular complexity index is 1550. The number of benzene rings is 4. The predicted molar refractivity (Wildman–Crippen MR) is 158 cm³/mol. The summed E-state index contributed by atoms with van der Waals surface area (Å²) in [6.45, 7) is 0.367. The molecule has 2 heterocycles. The molecule has 0 bridgehead atoms. The van der Waals surface area contributed by atoms with Crippen LogP contribution in [-0.4, -0.2) is 25.0 Å². The molecule has 2 aliphatic rings. The van der Waals surface area contributed by atoms with Gasteiger partial charge in [-0.05, 0) is 59.7 Å². The van der Waals surface area contributed by atoms with Crippen LogP contribution < -0.4 is 19.4 Å². The van der Waals surface area contributed by atoms with Crippen molar-refractivity contribution in [2.75, 3.05) is 17.1 Å². The number of fused-ring (bicyclic) bond motifs is 1. The molecule has 0 aliphatic carbocycles. The Morgan fingerprint density at radius 2 is 1.48 bits per heavy atom. The first-order valence-corrected chi connectivity index (χ1v) is 14.2. The Labute approximate surface area is 248 Å². The number of carbonyl (C=O) groups is 2. The van der Waals surface area contributed by atoms with E-state index in [1.165, 1.54) is 4.90 Å². The Balaban J connectivity index is 1.40. The number of rotatable bonds is 7. The number of nitrogens with zero attached hydrogens (tertiary/aromatic N) is 2. The van der Waals surface area contributed by atoms with Crippen LogP contribution in [0, 0.1) is 5.92 Å². The van der Waals surface area contributed by atoms with Crippen molar-refractivity contribution >= 4 is 55.0 Å². The Morgan fingerprint density at radius 3 is 2.15 bits per heavy atom. The zero-order valence-corrected chi connectivity index (χ0v) is 24.5. The van der Waals surface area contributed by atoms with E-state index in [9.17, 15) is 9.59 Å². The quantitative estimate of drug-likeness (QED) is 0.202. The van der Waals surface area contributed by atoms with Crippen LogP contribution >= 0.6 is 31.9 Å². The van der Waals surface area contributed by atoms with Gasteiger partial charge in [-0.15, -0.1) is 0 Å². The Morgan fingerprint density at radius 1 is 0.800 bits per heavy atom. The number of hydroxylamine groups is 1. The highest BCUT2D eigenvalue weighted by Crippen LogP contribution is 2.50. The van der Waals surface area contributed by atoms with Gasteiger partial charge in [-0.1, -0.05) is 80.4 Å². The highest BCUT2D eigenvalue weighted by Gasteiger charge is 2.60. The largest absolute Gasteiger partial charge is 0.493 e. The third-order valence-electron chi connectivity index (χ3n) is 7.05. The minimum Gasteiger partial charge on any atom is -0.493 e. The van der Waals surface area contributed by atoms with Crippen LogP contribution in [-0.2, 0) is 21.0 Å². The number of carbonyl (C=O) groups excluding carboxylic acids is 2. The Hall–Kier alpha value is -3.66. The number of hydrogen-bond donors (Lipinski definition) is 0. The van der Waals surface area contributed by atoms with Crippen molar-refractivity contribution in [3.05, 3.63) is 117 Å². The second kappa shape index (κ2) is 11.1. The molecule has 202 valence electrons. The Kier molecular flexibility index (Phi) is 7.35. The number of imide groups is 1. The standard InChI is InChI=1S/C31H24Br2N2O5/c1-38-25-16-23(24(33)17-26(25)39-18-19-8-4-2-5-9-19)28-27-29(40-35(28)22-10-6-3-7-11-22)31(37)34(30(27)36)21-14-12-20(32)13-15-21/h2-17,27-29H,18H2,1H3/t27-,28-,29+/m1/s1. The first-order chi connectivity index (χ1) is 19.5. The molecule has 4 aromatic carbocycles. The molecule has 0 saturated carbocycles. The van der Waals surface area contributed by atoms with E-state index in [-0.39, 0.29) is 5.91 Å². The van der Waals surface area contributed by atoms with E-state index in [0.717, 1.165) is 21.3 Å². The average Bonchev–Trinajstić information content (AvgIpc) is 3.49. The van der Waals surface area contributed by atoms with Gasteiger partial charge in [-0.2, -0.15) is 0 Å². The lowest BCUT2D eigenvalue weighted by atomic mass is 9.90. The normalized spacial score (nSPS) is 20.1. The minimum absolute atomic E-state index is 0.323. The molecule has 3 atom stereocenters. The predicted octanol–water partition coefficient (Wildman–Crippen LogP) is 6.85. The van der Waals surface area contributed by atoms with Crippen molar-refractivity contribution in [2.45, 2.75) is 18.8 Å². The highest BCUT2D eigenvalue weighted by molar-refractivity contribution is 9.10. The fourth-order valence-corrected chi connectivity index (χ4v) is 5.98. The van der Waals surface area contributed by atoms with Crippen LogP contribution in [0.15, 0.2) is 106 Å². The van der Waals surface area contributed by atoms with Gasteiger partial charge in [0, 0.05) is 8.95 Å². The zero-order chi connectivity index (χ0) is 27.8. The SMILES string of the molecule is COc1cc([C@@H]2[C@H]3C(=O)N(c4ccc(Br)cc4)C(=O)[C@H]3ON2c2ccccc2)c(Br)cc1OCc1ccccc1. The van der Waals surface area contributed by atoms with Gasteiger partial charge in [-0.25, -0.2) is 9.96 Å². The second-order valence-corrected chi connectivity index (χ2v) is 11.2. The number of para-hydroxylation sites is 1. The topological polar surface area (TPSA) is 68.3 Å². The van der Waals surface area contributed by atoms with Crippen LogP contribution in [0.2, 0.25) is 0 Å². The fourth-order valence-electron chi connectivity index (χ4n) is 5.16. The average molecular weight is 664 g/mol. The monoisotopic (exact) mass is 662 g/mol. The maximum Gasteiger partial charge on any atom is 0.266 e. The fraction of sp³-hybridized carbons (Fsp3) is 0.161. The van der Waals surface area contributed by atoms with E-state index in [2.05, 4.69) is 31.9 Å². The van der Waals surface area contributed by atoms with E-state index in [1.54, 1.807) is 36.4 Å². The van der Waals surface area contributed by atoms with Crippen molar-refractivity contribution in [1.29, 1.82) is 0 Å². The second-order valence-electron chi connectivity index (χ2n) is 9.45. The first kappa shape index (κ1) is 26.6. The first-order valence-electron chi connectivity index (χ1n) is 12.6. The van der Waals surface area contributed by atoms with E-state index >= 15 is 0 Å². The minimum atomic E-state index is -0.978. The molecule has 9 heteroatoms. The summed E-state index contributed by atoms with van der Waals surface area (Å²) in [5.41, 5.74) is 2.99. The summed E-state index contributed by atoms with van der Waals surface area (Å²) in [7, 11) is 1.57. The lowest BCUT2D eigenvalue weighted by Crippen LogP contribution is -2.37. The lowest BCUT2D eigenvalue weighted by Gasteiger charge is -2.29. The summed E-state index contributed by atoms with van der Waals surface area (Å²) in [5.74, 6) is -0.447. The van der Waals surface area contributed by atoms with Gasteiger partial charge < -0.3 is 9.47 Å². The molecule has 2 amide bonds. The third kappa shape index (κ3) is 4.78. The third-order valence-corrected chi connectivity index (χ3v) is 8.27. The van der Waals surface area contributed by atoms with E-state index in [1.807, 2.05) is 72.8 Å². The number of methoxy groups -OCH3 is 1. The maximum absolute atomic E-state index is 14.0. The molecule has 0 unspecified atom stereocenters. The highest BCUT2D eigenvalue weighted by atomic mass is 79.9. The van der Waals surface area contributed by atoms with E-state index in [4.69, 9.17) is 14.3 Å². The van der Waals surface area contributed by atoms with Gasteiger partial charge in [0.1, 0.15) is 12.5 Å². The molecule has 2 aliphatic heterocycles. The number of ether oxygens (including phenoxy) is 2. The summed E-state index contributed by atoms with van der Waals surface area (Å²) < 4.78 is 13.4. The van der Waals surface area contributed by atoms with Gasteiger partial charge >= 0.3 is 0 Å². The molecular weight excluding hydrogens is 640 g/mol. The van der Waals surface area contributed by atoms with Crippen molar-refractivity contribution in [1.82, 2.24) is 0 Å². The summed E-state index contributed by atoms with van der Waals surface area (Å²) in [6.07, 6.45) is -0.978. The van der Waals surface area contributed by atoms with Crippen LogP contribution in [0.1, 0.15) is 17.2 Å². The van der Waals surface area contributed by atoms with E-state index in [0.29, 0.717) is 28.3 Å². The molecule has 0 N–H and O–H groups in total. The van der Waals surface area contributed by atoms with Crippen LogP contribution in [0.3, 0.4) is 0 Å². The van der Waals surface area contributed by atoms with Gasteiger partial charge in [-0.3, -0.25) is 14.4 Å². The molecule has 0 radical (unpaired) electrons. The number of hydrogen-bond acceptors (Lipinski definition) is 6. The maximum atomic E-state index is 14.0. The van der Waals surface area contributed by atoms with Crippen molar-refractivity contribution in [3.63, 3.8) is 0 Å². The number of halogens is 2.